The highest BCUT2D eigenvalue weighted by atomic mass is 16.5. The lowest BCUT2D eigenvalue weighted by atomic mass is 9.87. The Morgan fingerprint density at radius 2 is 1.83 bits per heavy atom. The van der Waals surface area contributed by atoms with Crippen LogP contribution >= 0.6 is 0 Å². The minimum Gasteiger partial charge on any atom is -0.481 e. The van der Waals surface area contributed by atoms with Gasteiger partial charge in [-0.25, -0.2) is 0 Å². The Morgan fingerprint density at radius 1 is 1.10 bits per heavy atom. The van der Waals surface area contributed by atoms with Gasteiger partial charge >= 0.3 is 0 Å². The zero-order valence-electron chi connectivity index (χ0n) is 16.8. The van der Waals surface area contributed by atoms with Gasteiger partial charge in [0.2, 0.25) is 23.6 Å². The van der Waals surface area contributed by atoms with Crippen molar-refractivity contribution in [1.82, 2.24) is 14.9 Å². The number of rotatable bonds is 5. The van der Waals surface area contributed by atoms with Crippen LogP contribution in [0.5, 0.6) is 11.8 Å². The molecule has 2 aliphatic heterocycles. The van der Waals surface area contributed by atoms with Gasteiger partial charge in [0.05, 0.1) is 33.5 Å². The number of likely N-dealkylation sites (tertiary alicyclic amines) is 1. The van der Waals surface area contributed by atoms with Gasteiger partial charge < -0.3 is 24.0 Å². The van der Waals surface area contributed by atoms with Gasteiger partial charge in [-0.2, -0.15) is 9.97 Å². The number of amides is 1. The summed E-state index contributed by atoms with van der Waals surface area (Å²) in [5, 5.41) is 0. The van der Waals surface area contributed by atoms with E-state index in [0.717, 1.165) is 5.56 Å². The quantitative estimate of drug-likeness (QED) is 0.759. The smallest absolute Gasteiger partial charge is 0.232 e. The molecule has 1 amide bonds. The Hall–Kier alpha value is -2.87. The van der Waals surface area contributed by atoms with Crippen molar-refractivity contribution in [3.63, 3.8) is 0 Å². The molecule has 1 aromatic carbocycles. The zero-order valence-corrected chi connectivity index (χ0v) is 16.8. The highest BCUT2D eigenvalue weighted by Gasteiger charge is 2.46. The summed E-state index contributed by atoms with van der Waals surface area (Å²) in [6.07, 6.45) is 0.456. The molecular formula is C21H26N4O4. The van der Waals surface area contributed by atoms with Gasteiger partial charge in [0.25, 0.3) is 0 Å². The van der Waals surface area contributed by atoms with E-state index in [-0.39, 0.29) is 11.3 Å². The second-order valence-corrected chi connectivity index (χ2v) is 7.64. The lowest BCUT2D eigenvalue weighted by molar-refractivity contribution is -0.128. The Bertz CT molecular complexity index is 841. The highest BCUT2D eigenvalue weighted by molar-refractivity contribution is 5.79. The van der Waals surface area contributed by atoms with Crippen molar-refractivity contribution < 1.29 is 19.0 Å². The summed E-state index contributed by atoms with van der Waals surface area (Å²) in [6, 6.07) is 11.7. The maximum absolute atomic E-state index is 12.8. The summed E-state index contributed by atoms with van der Waals surface area (Å²) in [5.41, 5.74) is 0.840. The van der Waals surface area contributed by atoms with Crippen LogP contribution in [0.3, 0.4) is 0 Å². The van der Waals surface area contributed by atoms with Crippen LogP contribution in [0, 0.1) is 5.41 Å². The van der Waals surface area contributed by atoms with Gasteiger partial charge in [0, 0.05) is 38.0 Å². The first kappa shape index (κ1) is 19.4. The first-order chi connectivity index (χ1) is 14.1. The van der Waals surface area contributed by atoms with Crippen LogP contribution in [0.4, 0.5) is 5.95 Å². The van der Waals surface area contributed by atoms with Crippen molar-refractivity contribution in [3.8, 4) is 11.8 Å². The van der Waals surface area contributed by atoms with E-state index in [0.29, 0.717) is 63.5 Å². The molecule has 1 atom stereocenters. The molecule has 0 aliphatic carbocycles. The van der Waals surface area contributed by atoms with E-state index in [1.165, 1.54) is 0 Å². The second-order valence-electron chi connectivity index (χ2n) is 7.64. The lowest BCUT2D eigenvalue weighted by Crippen LogP contribution is -2.41. The van der Waals surface area contributed by atoms with Crippen LogP contribution in [-0.4, -0.2) is 67.8 Å². The van der Waals surface area contributed by atoms with Crippen molar-refractivity contribution in [3.05, 3.63) is 42.0 Å². The summed E-state index contributed by atoms with van der Waals surface area (Å²) >= 11 is 0. The Kier molecular flexibility index (Phi) is 5.53. The number of ether oxygens (including phenoxy) is 3. The summed E-state index contributed by atoms with van der Waals surface area (Å²) < 4.78 is 16.5. The average Bonchev–Trinajstić information content (AvgIpc) is 2.91. The van der Waals surface area contributed by atoms with Crippen LogP contribution in [-0.2, 0) is 16.1 Å². The number of nitrogens with zero attached hydrogens (tertiary/aromatic N) is 4. The number of carbonyl (C=O) groups is 1. The minimum atomic E-state index is -0.290. The Labute approximate surface area is 170 Å². The molecule has 2 aromatic rings. The van der Waals surface area contributed by atoms with E-state index < -0.39 is 0 Å². The average molecular weight is 398 g/mol. The van der Waals surface area contributed by atoms with Gasteiger partial charge in [0.1, 0.15) is 0 Å². The number of hydrogen-bond acceptors (Lipinski definition) is 7. The SMILES string of the molecule is COc1cc(OC)nc(N2CCOC[C@@]3(CC(=O)N(Cc4ccccc4)C3)C2)n1. The summed E-state index contributed by atoms with van der Waals surface area (Å²) in [4.78, 5) is 25.7. The Balaban J connectivity index is 1.55. The molecule has 2 fully saturated rings. The predicted molar refractivity (Wildman–Crippen MR) is 107 cm³/mol. The first-order valence-electron chi connectivity index (χ1n) is 9.72. The summed E-state index contributed by atoms with van der Waals surface area (Å²) in [5.74, 6) is 1.57. The van der Waals surface area contributed by atoms with E-state index in [4.69, 9.17) is 14.2 Å². The largest absolute Gasteiger partial charge is 0.481 e. The van der Waals surface area contributed by atoms with Crippen LogP contribution in [0.1, 0.15) is 12.0 Å². The van der Waals surface area contributed by atoms with Crippen molar-refractivity contribution in [1.29, 1.82) is 0 Å². The Morgan fingerprint density at radius 3 is 2.52 bits per heavy atom. The molecular weight excluding hydrogens is 372 g/mol. The van der Waals surface area contributed by atoms with Gasteiger partial charge in [-0.15, -0.1) is 0 Å². The lowest BCUT2D eigenvalue weighted by Gasteiger charge is -2.31. The number of aromatic nitrogens is 2. The zero-order chi connectivity index (χ0) is 20.3. The summed E-state index contributed by atoms with van der Waals surface area (Å²) in [6.45, 7) is 3.65. The third-order valence-corrected chi connectivity index (χ3v) is 5.43. The number of hydrogen-bond donors (Lipinski definition) is 0. The van der Waals surface area contributed by atoms with E-state index in [2.05, 4.69) is 14.9 Å². The van der Waals surface area contributed by atoms with Crippen molar-refractivity contribution in [2.75, 3.05) is 52.0 Å². The first-order valence-corrected chi connectivity index (χ1v) is 9.72. The number of anilines is 1. The molecule has 8 nitrogen and oxygen atoms in total. The maximum Gasteiger partial charge on any atom is 0.232 e. The fourth-order valence-corrected chi connectivity index (χ4v) is 4.04. The third kappa shape index (κ3) is 4.27. The van der Waals surface area contributed by atoms with Crippen LogP contribution in [0.15, 0.2) is 36.4 Å². The molecule has 0 bridgehead atoms. The molecule has 154 valence electrons. The van der Waals surface area contributed by atoms with Crippen molar-refractivity contribution in [2.45, 2.75) is 13.0 Å². The fourth-order valence-electron chi connectivity index (χ4n) is 4.04. The molecule has 0 radical (unpaired) electrons. The highest BCUT2D eigenvalue weighted by Crippen LogP contribution is 2.36. The molecule has 2 saturated heterocycles. The number of carbonyl (C=O) groups excluding carboxylic acids is 1. The van der Waals surface area contributed by atoms with E-state index in [1.54, 1.807) is 20.3 Å². The minimum absolute atomic E-state index is 0.156. The molecule has 1 aromatic heterocycles. The normalized spacial score (nSPS) is 22.1. The van der Waals surface area contributed by atoms with Crippen LogP contribution in [0.2, 0.25) is 0 Å². The van der Waals surface area contributed by atoms with Crippen molar-refractivity contribution in [2.24, 2.45) is 5.41 Å². The topological polar surface area (TPSA) is 77.0 Å². The van der Waals surface area contributed by atoms with Crippen LogP contribution < -0.4 is 14.4 Å². The predicted octanol–water partition coefficient (Wildman–Crippen LogP) is 1.75. The standard InChI is InChI=1S/C21H26N4O4/c1-27-17-10-18(28-2)23-20(22-17)24-8-9-29-15-21(13-24)11-19(26)25(14-21)12-16-6-4-3-5-7-16/h3-7,10H,8-9,11-15H2,1-2H3/t21-/m0/s1. The molecule has 3 heterocycles. The molecule has 29 heavy (non-hydrogen) atoms. The molecule has 0 saturated carbocycles. The molecule has 8 heteroatoms. The van der Waals surface area contributed by atoms with Gasteiger partial charge in [-0.3, -0.25) is 4.79 Å². The molecule has 1 spiro atoms. The number of benzene rings is 1. The van der Waals surface area contributed by atoms with Gasteiger partial charge in [-0.1, -0.05) is 30.3 Å². The van der Waals surface area contributed by atoms with Gasteiger partial charge in [0.15, 0.2) is 0 Å². The van der Waals surface area contributed by atoms with Gasteiger partial charge in [-0.05, 0) is 5.56 Å². The fraction of sp³-hybridized carbons (Fsp3) is 0.476. The van der Waals surface area contributed by atoms with E-state index >= 15 is 0 Å². The maximum atomic E-state index is 12.8. The molecule has 2 aliphatic rings. The van der Waals surface area contributed by atoms with Crippen molar-refractivity contribution >= 4 is 11.9 Å². The van der Waals surface area contributed by atoms with E-state index in [9.17, 15) is 4.79 Å². The molecule has 0 unspecified atom stereocenters. The number of methoxy groups -OCH3 is 2. The summed E-state index contributed by atoms with van der Waals surface area (Å²) in [7, 11) is 3.13. The monoisotopic (exact) mass is 398 g/mol. The molecule has 0 N–H and O–H groups in total. The van der Waals surface area contributed by atoms with E-state index in [1.807, 2.05) is 35.2 Å². The molecule has 4 rings (SSSR count). The third-order valence-electron chi connectivity index (χ3n) is 5.43. The second kappa shape index (κ2) is 8.24. The van der Waals surface area contributed by atoms with Crippen LogP contribution in [0.25, 0.3) is 0 Å².